The Balaban J connectivity index is 1.52. The van der Waals surface area contributed by atoms with Crippen molar-refractivity contribution in [3.63, 3.8) is 0 Å². The van der Waals surface area contributed by atoms with Crippen LogP contribution in [0.4, 0.5) is 0 Å². The normalized spacial score (nSPS) is 10.9. The molecule has 0 atom stereocenters. The van der Waals surface area contributed by atoms with Gasteiger partial charge in [0.15, 0.2) is 0 Å². The Labute approximate surface area is 127 Å². The molecule has 0 saturated heterocycles. The first-order valence-electron chi connectivity index (χ1n) is 6.72. The van der Waals surface area contributed by atoms with Crippen molar-refractivity contribution in [1.82, 2.24) is 19.5 Å². The summed E-state index contributed by atoms with van der Waals surface area (Å²) in [6, 6.07) is 9.33. The van der Waals surface area contributed by atoms with E-state index < -0.39 is 0 Å². The number of nitrogens with zero attached hydrogens (tertiary/aromatic N) is 3. The average molecular weight is 303 g/mol. The van der Waals surface area contributed by atoms with E-state index in [1.165, 1.54) is 0 Å². The largest absolute Gasteiger partial charge is 0.354 e. The van der Waals surface area contributed by atoms with Gasteiger partial charge in [0, 0.05) is 36.6 Å². The number of fused-ring (bicyclic) bond motifs is 1. The van der Waals surface area contributed by atoms with Crippen LogP contribution in [-0.4, -0.2) is 26.6 Å². The summed E-state index contributed by atoms with van der Waals surface area (Å²) < 4.78 is 3.84. The first kappa shape index (κ1) is 13.7. The summed E-state index contributed by atoms with van der Waals surface area (Å²) in [5.41, 5.74) is 1.85. The van der Waals surface area contributed by atoms with Crippen LogP contribution >= 0.6 is 11.6 Å². The van der Waals surface area contributed by atoms with Gasteiger partial charge >= 0.3 is 0 Å². The predicted molar refractivity (Wildman–Crippen MR) is 81.3 cm³/mol. The van der Waals surface area contributed by atoms with Crippen LogP contribution < -0.4 is 5.32 Å². The molecule has 3 aromatic rings. The third kappa shape index (κ3) is 3.08. The zero-order valence-corrected chi connectivity index (χ0v) is 12.1. The van der Waals surface area contributed by atoms with E-state index in [0.29, 0.717) is 24.5 Å². The SMILES string of the molecule is O=C(Cc1ccccc1Cl)NCCn1ccn2nccc12. The second kappa shape index (κ2) is 6.01. The third-order valence-electron chi connectivity index (χ3n) is 3.32. The molecular weight excluding hydrogens is 288 g/mol. The molecule has 5 nitrogen and oxygen atoms in total. The van der Waals surface area contributed by atoms with E-state index in [-0.39, 0.29) is 5.91 Å². The molecule has 21 heavy (non-hydrogen) atoms. The van der Waals surface area contributed by atoms with E-state index in [1.54, 1.807) is 16.8 Å². The summed E-state index contributed by atoms with van der Waals surface area (Å²) in [5.74, 6) is -0.0280. The van der Waals surface area contributed by atoms with Gasteiger partial charge in [0.25, 0.3) is 0 Å². The van der Waals surface area contributed by atoms with Crippen molar-refractivity contribution in [2.24, 2.45) is 0 Å². The molecule has 0 fully saturated rings. The van der Waals surface area contributed by atoms with Gasteiger partial charge < -0.3 is 9.88 Å². The maximum Gasteiger partial charge on any atom is 0.224 e. The summed E-state index contributed by atoms with van der Waals surface area (Å²) in [7, 11) is 0. The summed E-state index contributed by atoms with van der Waals surface area (Å²) in [6.45, 7) is 1.27. The van der Waals surface area contributed by atoms with Crippen molar-refractivity contribution in [2.75, 3.05) is 6.54 Å². The molecule has 2 heterocycles. The molecule has 0 saturated carbocycles. The van der Waals surface area contributed by atoms with Crippen molar-refractivity contribution < 1.29 is 4.79 Å². The molecule has 0 aliphatic carbocycles. The Morgan fingerprint density at radius 2 is 2.10 bits per heavy atom. The molecule has 1 amide bonds. The summed E-state index contributed by atoms with van der Waals surface area (Å²) in [4.78, 5) is 11.9. The quantitative estimate of drug-likeness (QED) is 0.785. The number of amides is 1. The van der Waals surface area contributed by atoms with Crippen LogP contribution in [-0.2, 0) is 17.8 Å². The molecule has 0 spiro atoms. The number of carbonyl (C=O) groups is 1. The number of rotatable bonds is 5. The van der Waals surface area contributed by atoms with Crippen LogP contribution in [0.5, 0.6) is 0 Å². The first-order valence-corrected chi connectivity index (χ1v) is 7.10. The number of carbonyl (C=O) groups excluding carboxylic acids is 1. The molecule has 1 aromatic carbocycles. The number of benzene rings is 1. The summed E-state index contributed by atoms with van der Waals surface area (Å²) in [6.07, 6.45) is 5.89. The highest BCUT2D eigenvalue weighted by molar-refractivity contribution is 6.31. The Hall–Kier alpha value is -2.27. The van der Waals surface area contributed by atoms with E-state index in [0.717, 1.165) is 11.2 Å². The van der Waals surface area contributed by atoms with Gasteiger partial charge in [-0.25, -0.2) is 4.52 Å². The fourth-order valence-corrected chi connectivity index (χ4v) is 2.45. The Bertz CT molecular complexity index is 762. The number of aromatic nitrogens is 3. The lowest BCUT2D eigenvalue weighted by molar-refractivity contribution is -0.120. The average Bonchev–Trinajstić information content (AvgIpc) is 3.06. The van der Waals surface area contributed by atoms with Crippen molar-refractivity contribution >= 4 is 23.2 Å². The van der Waals surface area contributed by atoms with Crippen LogP contribution in [0.3, 0.4) is 0 Å². The lowest BCUT2D eigenvalue weighted by atomic mass is 10.1. The summed E-state index contributed by atoms with van der Waals surface area (Å²) in [5, 5.41) is 7.67. The molecule has 6 heteroatoms. The van der Waals surface area contributed by atoms with Gasteiger partial charge in [0.1, 0.15) is 5.65 Å². The van der Waals surface area contributed by atoms with Crippen LogP contribution in [0.25, 0.3) is 5.65 Å². The van der Waals surface area contributed by atoms with Crippen LogP contribution in [0.2, 0.25) is 5.02 Å². The molecule has 2 aromatic heterocycles. The van der Waals surface area contributed by atoms with Crippen molar-refractivity contribution in [3.8, 4) is 0 Å². The maximum absolute atomic E-state index is 11.9. The fraction of sp³-hybridized carbons (Fsp3) is 0.200. The van der Waals surface area contributed by atoms with Crippen molar-refractivity contribution in [2.45, 2.75) is 13.0 Å². The minimum Gasteiger partial charge on any atom is -0.354 e. The molecule has 0 bridgehead atoms. The van der Waals surface area contributed by atoms with Crippen LogP contribution in [0.1, 0.15) is 5.56 Å². The monoisotopic (exact) mass is 302 g/mol. The van der Waals surface area contributed by atoms with Gasteiger partial charge in [-0.1, -0.05) is 29.8 Å². The van der Waals surface area contributed by atoms with E-state index in [2.05, 4.69) is 10.4 Å². The van der Waals surface area contributed by atoms with Gasteiger partial charge in [-0.3, -0.25) is 4.79 Å². The Morgan fingerprint density at radius 1 is 1.24 bits per heavy atom. The Kier molecular flexibility index (Phi) is 3.92. The number of hydrogen-bond donors (Lipinski definition) is 1. The topological polar surface area (TPSA) is 51.3 Å². The van der Waals surface area contributed by atoms with E-state index in [9.17, 15) is 4.79 Å². The Morgan fingerprint density at radius 3 is 2.95 bits per heavy atom. The molecule has 0 radical (unpaired) electrons. The van der Waals surface area contributed by atoms with Gasteiger partial charge in [0.05, 0.1) is 12.6 Å². The zero-order chi connectivity index (χ0) is 14.7. The number of imidazole rings is 1. The van der Waals surface area contributed by atoms with E-state index in [1.807, 2.05) is 41.2 Å². The number of hydrogen-bond acceptors (Lipinski definition) is 2. The second-order valence-corrected chi connectivity index (χ2v) is 5.15. The number of halogens is 1. The molecule has 3 rings (SSSR count). The zero-order valence-electron chi connectivity index (χ0n) is 11.4. The van der Waals surface area contributed by atoms with E-state index >= 15 is 0 Å². The molecule has 0 aliphatic rings. The van der Waals surface area contributed by atoms with Gasteiger partial charge in [-0.2, -0.15) is 5.10 Å². The van der Waals surface area contributed by atoms with Crippen molar-refractivity contribution in [1.29, 1.82) is 0 Å². The van der Waals surface area contributed by atoms with Gasteiger partial charge in [0.2, 0.25) is 5.91 Å². The minimum atomic E-state index is -0.0280. The lowest BCUT2D eigenvalue weighted by Crippen LogP contribution is -2.28. The van der Waals surface area contributed by atoms with Gasteiger partial charge in [-0.05, 0) is 11.6 Å². The second-order valence-electron chi connectivity index (χ2n) is 4.74. The standard InChI is InChI=1S/C15H15ClN4O/c16-13-4-2-1-3-12(13)11-14(21)17-7-8-19-9-10-20-15(19)5-6-18-20/h1-6,9-10H,7-8,11H2,(H,17,21). The van der Waals surface area contributed by atoms with Crippen LogP contribution in [0.15, 0.2) is 48.9 Å². The third-order valence-corrected chi connectivity index (χ3v) is 3.68. The molecular formula is C15H15ClN4O. The molecule has 108 valence electrons. The highest BCUT2D eigenvalue weighted by atomic mass is 35.5. The smallest absolute Gasteiger partial charge is 0.224 e. The fourth-order valence-electron chi connectivity index (χ4n) is 2.25. The lowest BCUT2D eigenvalue weighted by Gasteiger charge is -2.07. The highest BCUT2D eigenvalue weighted by Crippen LogP contribution is 2.15. The van der Waals surface area contributed by atoms with Gasteiger partial charge in [-0.15, -0.1) is 0 Å². The van der Waals surface area contributed by atoms with E-state index in [4.69, 9.17) is 11.6 Å². The predicted octanol–water partition coefficient (Wildman–Crippen LogP) is 2.15. The molecule has 0 aliphatic heterocycles. The minimum absolute atomic E-state index is 0.0280. The number of nitrogens with one attached hydrogen (secondary N) is 1. The highest BCUT2D eigenvalue weighted by Gasteiger charge is 2.06. The van der Waals surface area contributed by atoms with Crippen LogP contribution in [0, 0.1) is 0 Å². The molecule has 0 unspecified atom stereocenters. The molecule has 1 N–H and O–H groups in total. The summed E-state index contributed by atoms with van der Waals surface area (Å²) >= 11 is 6.04. The maximum atomic E-state index is 11.9. The first-order chi connectivity index (χ1) is 10.2. The van der Waals surface area contributed by atoms with Crippen molar-refractivity contribution in [3.05, 3.63) is 59.5 Å².